The van der Waals surface area contributed by atoms with Crippen LogP contribution in [0.4, 0.5) is 0 Å². The molecule has 0 saturated carbocycles. The molecule has 0 unspecified atom stereocenters. The summed E-state index contributed by atoms with van der Waals surface area (Å²) < 4.78 is 5.13. The lowest BCUT2D eigenvalue weighted by molar-refractivity contribution is -0.133. The van der Waals surface area contributed by atoms with Crippen LogP contribution in [0.3, 0.4) is 0 Å². The third-order valence-corrected chi connectivity index (χ3v) is 3.27. The molecule has 0 fully saturated rings. The van der Waals surface area contributed by atoms with Crippen LogP contribution in [0.15, 0.2) is 24.3 Å². The quantitative estimate of drug-likeness (QED) is 0.833. The monoisotopic (exact) mass is 278 g/mol. The average Bonchev–Trinajstić information content (AvgIpc) is 2.44. The van der Waals surface area contributed by atoms with Crippen molar-refractivity contribution in [3.63, 3.8) is 0 Å². The van der Waals surface area contributed by atoms with Crippen molar-refractivity contribution in [2.75, 3.05) is 13.7 Å². The topological polar surface area (TPSA) is 55.6 Å². The summed E-state index contributed by atoms with van der Waals surface area (Å²) in [5.41, 5.74) is 7.06. The number of methoxy groups -OCH3 is 1. The number of amides is 1. The molecule has 1 amide bonds. The molecule has 0 aromatic heterocycles. The van der Waals surface area contributed by atoms with Crippen molar-refractivity contribution in [1.82, 2.24) is 4.90 Å². The predicted molar refractivity (Wildman–Crippen MR) is 81.5 cm³/mol. The first-order chi connectivity index (χ1) is 9.47. The van der Waals surface area contributed by atoms with Gasteiger partial charge in [-0.05, 0) is 37.0 Å². The molecule has 0 heterocycles. The second-order valence-corrected chi connectivity index (χ2v) is 5.44. The molecule has 20 heavy (non-hydrogen) atoms. The van der Waals surface area contributed by atoms with E-state index in [0.717, 1.165) is 17.7 Å². The number of carbonyl (C=O) groups is 1. The van der Waals surface area contributed by atoms with Gasteiger partial charge in [0.25, 0.3) is 0 Å². The first-order valence-corrected chi connectivity index (χ1v) is 7.15. The molecule has 0 radical (unpaired) electrons. The van der Waals surface area contributed by atoms with E-state index in [1.54, 1.807) is 12.0 Å². The molecule has 112 valence electrons. The molecule has 1 atom stereocenters. The van der Waals surface area contributed by atoms with Crippen molar-refractivity contribution in [3.05, 3.63) is 29.8 Å². The lowest BCUT2D eigenvalue weighted by atomic mass is 10.0. The van der Waals surface area contributed by atoms with Crippen LogP contribution < -0.4 is 10.5 Å². The van der Waals surface area contributed by atoms with E-state index in [4.69, 9.17) is 10.5 Å². The number of nitrogens with two attached hydrogens (primary N) is 1. The minimum Gasteiger partial charge on any atom is -0.497 e. The van der Waals surface area contributed by atoms with Crippen LogP contribution in [0.5, 0.6) is 5.75 Å². The number of benzene rings is 1. The Hall–Kier alpha value is -1.55. The second-order valence-electron chi connectivity index (χ2n) is 5.44. The van der Waals surface area contributed by atoms with Gasteiger partial charge in [-0.2, -0.15) is 0 Å². The Kier molecular flexibility index (Phi) is 6.52. The maximum atomic E-state index is 12.3. The predicted octanol–water partition coefficient (Wildman–Crippen LogP) is 2.42. The van der Waals surface area contributed by atoms with E-state index >= 15 is 0 Å². The van der Waals surface area contributed by atoms with Gasteiger partial charge >= 0.3 is 0 Å². The summed E-state index contributed by atoms with van der Waals surface area (Å²) >= 11 is 0. The molecule has 2 N–H and O–H groups in total. The van der Waals surface area contributed by atoms with Crippen LogP contribution in [0.25, 0.3) is 0 Å². The lowest BCUT2D eigenvalue weighted by Crippen LogP contribution is -2.43. The Bertz CT molecular complexity index is 415. The van der Waals surface area contributed by atoms with Crippen LogP contribution in [-0.4, -0.2) is 30.5 Å². The molecule has 0 spiro atoms. The molecule has 4 nitrogen and oxygen atoms in total. The highest BCUT2D eigenvalue weighted by atomic mass is 16.5. The van der Waals surface area contributed by atoms with Gasteiger partial charge in [-0.3, -0.25) is 4.79 Å². The number of hydrogen-bond donors (Lipinski definition) is 1. The summed E-state index contributed by atoms with van der Waals surface area (Å²) in [5, 5.41) is 0. The zero-order valence-electron chi connectivity index (χ0n) is 12.9. The largest absolute Gasteiger partial charge is 0.497 e. The summed E-state index contributed by atoms with van der Waals surface area (Å²) in [6, 6.07) is 7.35. The number of carbonyl (C=O) groups excluding carboxylic acids is 1. The molecular weight excluding hydrogens is 252 g/mol. The van der Waals surface area contributed by atoms with Crippen molar-refractivity contribution in [2.24, 2.45) is 11.7 Å². The van der Waals surface area contributed by atoms with Crippen molar-refractivity contribution < 1.29 is 9.53 Å². The zero-order chi connectivity index (χ0) is 15.1. The zero-order valence-corrected chi connectivity index (χ0v) is 12.9. The Morgan fingerprint density at radius 2 is 1.90 bits per heavy atom. The van der Waals surface area contributed by atoms with Gasteiger partial charge in [0.15, 0.2) is 0 Å². The van der Waals surface area contributed by atoms with Crippen molar-refractivity contribution >= 4 is 5.91 Å². The highest BCUT2D eigenvalue weighted by Gasteiger charge is 2.20. The fourth-order valence-electron chi connectivity index (χ4n) is 2.14. The molecule has 0 aliphatic rings. The smallest absolute Gasteiger partial charge is 0.239 e. The van der Waals surface area contributed by atoms with Gasteiger partial charge in [-0.1, -0.05) is 26.0 Å². The summed E-state index contributed by atoms with van der Waals surface area (Å²) in [6.07, 6.45) is 0.720. The SMILES string of the molecule is CCN(Cc1ccc(OC)cc1)C(=O)[C@H](N)CC(C)C. The number of rotatable bonds is 7. The number of likely N-dealkylation sites (N-methyl/N-ethyl adjacent to an activating group) is 1. The summed E-state index contributed by atoms with van der Waals surface area (Å²) in [4.78, 5) is 14.1. The van der Waals surface area contributed by atoms with E-state index in [1.807, 2.05) is 31.2 Å². The van der Waals surface area contributed by atoms with Crippen molar-refractivity contribution in [3.8, 4) is 5.75 Å². The van der Waals surface area contributed by atoms with E-state index in [2.05, 4.69) is 13.8 Å². The van der Waals surface area contributed by atoms with Crippen LogP contribution in [-0.2, 0) is 11.3 Å². The molecule has 0 saturated heterocycles. The molecule has 0 aliphatic heterocycles. The highest BCUT2D eigenvalue weighted by molar-refractivity contribution is 5.81. The fourth-order valence-corrected chi connectivity index (χ4v) is 2.14. The first kappa shape index (κ1) is 16.5. The molecule has 4 heteroatoms. The van der Waals surface area contributed by atoms with Crippen molar-refractivity contribution in [2.45, 2.75) is 39.8 Å². The van der Waals surface area contributed by atoms with E-state index < -0.39 is 6.04 Å². The second kappa shape index (κ2) is 7.90. The number of nitrogens with zero attached hydrogens (tertiary/aromatic N) is 1. The molecule has 1 rings (SSSR count). The van der Waals surface area contributed by atoms with Gasteiger partial charge in [0.05, 0.1) is 13.2 Å². The maximum absolute atomic E-state index is 12.3. The Labute approximate surface area is 121 Å². The average molecular weight is 278 g/mol. The van der Waals surface area contributed by atoms with Crippen LogP contribution in [0.2, 0.25) is 0 Å². The van der Waals surface area contributed by atoms with Crippen LogP contribution in [0.1, 0.15) is 32.8 Å². The lowest BCUT2D eigenvalue weighted by Gasteiger charge is -2.25. The molecule has 0 aliphatic carbocycles. The van der Waals surface area contributed by atoms with E-state index in [-0.39, 0.29) is 5.91 Å². The van der Waals surface area contributed by atoms with Crippen LogP contribution >= 0.6 is 0 Å². The Morgan fingerprint density at radius 3 is 2.35 bits per heavy atom. The standard InChI is InChI=1S/C16H26N2O2/c1-5-18(16(19)15(17)10-12(2)3)11-13-6-8-14(20-4)9-7-13/h6-9,12,15H,5,10-11,17H2,1-4H3/t15-/m1/s1. The molecule has 1 aromatic rings. The minimum absolute atomic E-state index is 0.0250. The summed E-state index contributed by atoms with van der Waals surface area (Å²) in [6.45, 7) is 7.38. The van der Waals surface area contributed by atoms with Gasteiger partial charge in [0.2, 0.25) is 5.91 Å². The normalized spacial score (nSPS) is 12.3. The van der Waals surface area contributed by atoms with E-state index in [9.17, 15) is 4.79 Å². The maximum Gasteiger partial charge on any atom is 0.239 e. The minimum atomic E-state index is -0.409. The van der Waals surface area contributed by atoms with Gasteiger partial charge in [0.1, 0.15) is 5.75 Å². The first-order valence-electron chi connectivity index (χ1n) is 7.15. The van der Waals surface area contributed by atoms with E-state index in [0.29, 0.717) is 19.0 Å². The summed E-state index contributed by atoms with van der Waals surface area (Å²) in [7, 11) is 1.64. The molecule has 0 bridgehead atoms. The van der Waals surface area contributed by atoms with Gasteiger partial charge in [-0.25, -0.2) is 0 Å². The van der Waals surface area contributed by atoms with Gasteiger partial charge in [0, 0.05) is 13.1 Å². The number of hydrogen-bond acceptors (Lipinski definition) is 3. The van der Waals surface area contributed by atoms with E-state index in [1.165, 1.54) is 0 Å². The third kappa shape index (κ3) is 4.85. The van der Waals surface area contributed by atoms with Crippen LogP contribution in [0, 0.1) is 5.92 Å². The fraction of sp³-hybridized carbons (Fsp3) is 0.562. The third-order valence-electron chi connectivity index (χ3n) is 3.27. The Morgan fingerprint density at radius 1 is 1.30 bits per heavy atom. The number of ether oxygens (including phenoxy) is 1. The Balaban J connectivity index is 2.67. The van der Waals surface area contributed by atoms with Gasteiger partial charge < -0.3 is 15.4 Å². The molecule has 1 aromatic carbocycles. The van der Waals surface area contributed by atoms with Crippen molar-refractivity contribution in [1.29, 1.82) is 0 Å². The van der Waals surface area contributed by atoms with Gasteiger partial charge in [-0.15, -0.1) is 0 Å². The highest BCUT2D eigenvalue weighted by Crippen LogP contribution is 2.14. The molecular formula is C16H26N2O2. The summed E-state index contributed by atoms with van der Waals surface area (Å²) in [5.74, 6) is 1.27.